The second kappa shape index (κ2) is 5.86. The highest BCUT2D eigenvalue weighted by molar-refractivity contribution is 5.92. The van der Waals surface area contributed by atoms with Crippen LogP contribution in [-0.4, -0.2) is 22.0 Å². The van der Waals surface area contributed by atoms with Crippen LogP contribution in [0.1, 0.15) is 29.8 Å². The molecule has 4 nitrogen and oxygen atoms in total. The Morgan fingerprint density at radius 2 is 2.47 bits per heavy atom. The summed E-state index contributed by atoms with van der Waals surface area (Å²) in [6, 6.07) is 0. The normalized spacial score (nSPS) is 9.60. The standard InChI is InChI=1S/C11H15N3O/c1-3-4-5-6-7-13-11(15)10-8-12-9-14(10)2/h1,8-9H,4-7H2,2H3,(H,13,15). The molecule has 80 valence electrons. The summed E-state index contributed by atoms with van der Waals surface area (Å²) in [5.41, 5.74) is 0.576. The minimum Gasteiger partial charge on any atom is -0.351 e. The highest BCUT2D eigenvalue weighted by atomic mass is 16.1. The third kappa shape index (κ3) is 3.47. The van der Waals surface area contributed by atoms with Crippen LogP contribution in [0, 0.1) is 12.3 Å². The lowest BCUT2D eigenvalue weighted by atomic mass is 10.2. The van der Waals surface area contributed by atoms with Crippen molar-refractivity contribution in [1.82, 2.24) is 14.9 Å². The van der Waals surface area contributed by atoms with Crippen molar-refractivity contribution in [1.29, 1.82) is 0 Å². The van der Waals surface area contributed by atoms with Crippen LogP contribution in [0.15, 0.2) is 12.5 Å². The molecule has 1 N–H and O–H groups in total. The van der Waals surface area contributed by atoms with E-state index in [9.17, 15) is 4.79 Å². The number of carbonyl (C=O) groups is 1. The van der Waals surface area contributed by atoms with Gasteiger partial charge < -0.3 is 9.88 Å². The van der Waals surface area contributed by atoms with E-state index in [2.05, 4.69) is 16.2 Å². The molecule has 1 heterocycles. The van der Waals surface area contributed by atoms with Gasteiger partial charge in [0.05, 0.1) is 12.5 Å². The van der Waals surface area contributed by atoms with Crippen LogP contribution in [0.2, 0.25) is 0 Å². The molecule has 0 atom stereocenters. The van der Waals surface area contributed by atoms with Crippen molar-refractivity contribution < 1.29 is 4.79 Å². The maximum absolute atomic E-state index is 11.5. The van der Waals surface area contributed by atoms with E-state index in [1.54, 1.807) is 24.1 Å². The number of aryl methyl sites for hydroxylation is 1. The van der Waals surface area contributed by atoms with Crippen LogP contribution in [0.3, 0.4) is 0 Å². The number of unbranched alkanes of at least 4 members (excludes halogenated alkanes) is 2. The highest BCUT2D eigenvalue weighted by Crippen LogP contribution is 1.96. The van der Waals surface area contributed by atoms with Crippen LogP contribution >= 0.6 is 0 Å². The molecule has 0 aromatic carbocycles. The second-order valence-electron chi connectivity index (χ2n) is 3.31. The van der Waals surface area contributed by atoms with Crippen molar-refractivity contribution in [3.8, 4) is 12.3 Å². The van der Waals surface area contributed by atoms with Crippen molar-refractivity contribution >= 4 is 5.91 Å². The van der Waals surface area contributed by atoms with Gasteiger partial charge in [0.25, 0.3) is 5.91 Å². The zero-order chi connectivity index (χ0) is 11.1. The first-order valence-corrected chi connectivity index (χ1v) is 4.93. The Morgan fingerprint density at radius 1 is 1.67 bits per heavy atom. The number of amides is 1. The molecule has 0 fully saturated rings. The van der Waals surface area contributed by atoms with E-state index >= 15 is 0 Å². The van der Waals surface area contributed by atoms with Gasteiger partial charge in [-0.2, -0.15) is 0 Å². The average Bonchev–Trinajstić information content (AvgIpc) is 2.64. The van der Waals surface area contributed by atoms with E-state index in [0.29, 0.717) is 12.2 Å². The molecule has 0 saturated heterocycles. The molecule has 0 aliphatic rings. The molecule has 0 unspecified atom stereocenters. The molecule has 0 spiro atoms. The Balaban J connectivity index is 2.26. The largest absolute Gasteiger partial charge is 0.351 e. The van der Waals surface area contributed by atoms with Crippen LogP contribution in [0.5, 0.6) is 0 Å². The number of nitrogens with one attached hydrogen (secondary N) is 1. The molecule has 0 aliphatic heterocycles. The Labute approximate surface area is 89.7 Å². The van der Waals surface area contributed by atoms with Crippen molar-refractivity contribution in [2.75, 3.05) is 6.54 Å². The summed E-state index contributed by atoms with van der Waals surface area (Å²) in [5, 5.41) is 2.82. The first kappa shape index (κ1) is 11.3. The maximum atomic E-state index is 11.5. The summed E-state index contributed by atoms with van der Waals surface area (Å²) in [6.45, 7) is 0.658. The van der Waals surface area contributed by atoms with E-state index < -0.39 is 0 Å². The number of rotatable bonds is 5. The molecule has 0 aliphatic carbocycles. The number of carbonyl (C=O) groups excluding carboxylic acids is 1. The van der Waals surface area contributed by atoms with Gasteiger partial charge in [-0.1, -0.05) is 0 Å². The molecule has 0 radical (unpaired) electrons. The topological polar surface area (TPSA) is 46.9 Å². The zero-order valence-corrected chi connectivity index (χ0v) is 8.86. The van der Waals surface area contributed by atoms with E-state index in [4.69, 9.17) is 6.42 Å². The molecular formula is C11H15N3O. The quantitative estimate of drug-likeness (QED) is 0.574. The minimum absolute atomic E-state index is 0.0873. The Morgan fingerprint density at radius 3 is 3.07 bits per heavy atom. The van der Waals surface area contributed by atoms with Gasteiger partial charge >= 0.3 is 0 Å². The van der Waals surface area contributed by atoms with Gasteiger partial charge in [-0.3, -0.25) is 4.79 Å². The summed E-state index contributed by atoms with van der Waals surface area (Å²) in [6.07, 6.45) is 10.9. The molecule has 0 bridgehead atoms. The van der Waals surface area contributed by atoms with Crippen LogP contribution in [0.25, 0.3) is 0 Å². The van der Waals surface area contributed by atoms with Crippen molar-refractivity contribution in [2.45, 2.75) is 19.3 Å². The highest BCUT2D eigenvalue weighted by Gasteiger charge is 2.07. The van der Waals surface area contributed by atoms with E-state index in [1.807, 2.05) is 0 Å². The van der Waals surface area contributed by atoms with Crippen LogP contribution in [-0.2, 0) is 7.05 Å². The van der Waals surface area contributed by atoms with Gasteiger partial charge in [0.1, 0.15) is 5.69 Å². The predicted molar refractivity (Wildman–Crippen MR) is 58.2 cm³/mol. The molecule has 1 aromatic rings. The first-order chi connectivity index (χ1) is 7.25. The predicted octanol–water partition coefficient (Wildman–Crippen LogP) is 0.953. The fourth-order valence-electron chi connectivity index (χ4n) is 1.22. The third-order valence-corrected chi connectivity index (χ3v) is 2.08. The van der Waals surface area contributed by atoms with E-state index in [-0.39, 0.29) is 5.91 Å². The van der Waals surface area contributed by atoms with E-state index in [0.717, 1.165) is 19.3 Å². The second-order valence-corrected chi connectivity index (χ2v) is 3.31. The monoisotopic (exact) mass is 205 g/mol. The fourth-order valence-corrected chi connectivity index (χ4v) is 1.22. The Bertz CT molecular complexity index is 362. The maximum Gasteiger partial charge on any atom is 0.269 e. The Kier molecular flexibility index (Phi) is 4.42. The molecule has 0 saturated carbocycles. The lowest BCUT2D eigenvalue weighted by Gasteiger charge is -2.04. The van der Waals surface area contributed by atoms with Gasteiger partial charge in [0.15, 0.2) is 0 Å². The number of hydrogen-bond acceptors (Lipinski definition) is 2. The number of aromatic nitrogens is 2. The lowest BCUT2D eigenvalue weighted by Crippen LogP contribution is -2.26. The SMILES string of the molecule is C#CCCCCNC(=O)c1cncn1C. The first-order valence-electron chi connectivity index (χ1n) is 4.93. The molecule has 15 heavy (non-hydrogen) atoms. The fraction of sp³-hybridized carbons (Fsp3) is 0.455. The molecule has 1 amide bonds. The summed E-state index contributed by atoms with van der Waals surface area (Å²) in [5.74, 6) is 2.48. The number of nitrogens with zero attached hydrogens (tertiary/aromatic N) is 2. The van der Waals surface area contributed by atoms with Crippen molar-refractivity contribution in [3.05, 3.63) is 18.2 Å². The molecular weight excluding hydrogens is 190 g/mol. The summed E-state index contributed by atoms with van der Waals surface area (Å²) >= 11 is 0. The van der Waals surface area contributed by atoms with Gasteiger partial charge in [0, 0.05) is 20.0 Å². The molecule has 1 aromatic heterocycles. The van der Waals surface area contributed by atoms with Crippen LogP contribution in [0.4, 0.5) is 0 Å². The average molecular weight is 205 g/mol. The van der Waals surface area contributed by atoms with Gasteiger partial charge in [-0.15, -0.1) is 12.3 Å². The van der Waals surface area contributed by atoms with Gasteiger partial charge in [0.2, 0.25) is 0 Å². The summed E-state index contributed by atoms with van der Waals surface area (Å²) in [7, 11) is 1.79. The minimum atomic E-state index is -0.0873. The zero-order valence-electron chi connectivity index (χ0n) is 8.86. The summed E-state index contributed by atoms with van der Waals surface area (Å²) in [4.78, 5) is 15.4. The lowest BCUT2D eigenvalue weighted by molar-refractivity contribution is 0.0945. The van der Waals surface area contributed by atoms with Crippen LogP contribution < -0.4 is 5.32 Å². The van der Waals surface area contributed by atoms with Crippen molar-refractivity contribution in [2.24, 2.45) is 7.05 Å². The van der Waals surface area contributed by atoms with E-state index in [1.165, 1.54) is 0 Å². The molecule has 4 heteroatoms. The number of hydrogen-bond donors (Lipinski definition) is 1. The van der Waals surface area contributed by atoms with Crippen molar-refractivity contribution in [3.63, 3.8) is 0 Å². The number of imidazole rings is 1. The third-order valence-electron chi connectivity index (χ3n) is 2.08. The Hall–Kier alpha value is -1.76. The molecule has 1 rings (SSSR count). The smallest absolute Gasteiger partial charge is 0.269 e. The van der Waals surface area contributed by atoms with Gasteiger partial charge in [-0.05, 0) is 12.8 Å². The number of terminal acetylenes is 1. The summed E-state index contributed by atoms with van der Waals surface area (Å²) < 4.78 is 1.69. The van der Waals surface area contributed by atoms with Gasteiger partial charge in [-0.25, -0.2) is 4.98 Å².